The van der Waals surface area contributed by atoms with Crippen LogP contribution in [0, 0.1) is 35.0 Å². The molecule has 0 N–H and O–H groups in total. The molecule has 0 amide bonds. The van der Waals surface area contributed by atoms with Gasteiger partial charge in [-0.3, -0.25) is 0 Å². The van der Waals surface area contributed by atoms with Crippen LogP contribution in [0.1, 0.15) is 62.5 Å². The Morgan fingerprint density at radius 1 is 0.795 bits per heavy atom. The standard InChI is InChI=1S/C29H26F8O2/c1-2-3-16-4-7-18(8-5-16)20-9-10-21(27(34)26(20)33)19-13-23(31)28(24(32)14-19)38-15-17-6-11-25(22(30)12-17)39-29(35,36)37/h6,9-14,16,18H,2-5,7-8,15H2,1H3. The number of alkyl halides is 3. The quantitative estimate of drug-likeness (QED) is 0.256. The Bertz CT molecular complexity index is 1290. The van der Waals surface area contributed by atoms with E-state index in [1.165, 1.54) is 12.1 Å². The molecular formula is C29H26F8O2. The molecule has 0 saturated heterocycles. The summed E-state index contributed by atoms with van der Waals surface area (Å²) in [6.07, 6.45) is 0.475. The van der Waals surface area contributed by atoms with Crippen molar-refractivity contribution in [3.8, 4) is 22.6 Å². The first-order valence-electron chi connectivity index (χ1n) is 12.6. The average Bonchev–Trinajstić information content (AvgIpc) is 2.87. The van der Waals surface area contributed by atoms with Gasteiger partial charge < -0.3 is 9.47 Å². The van der Waals surface area contributed by atoms with Crippen molar-refractivity contribution in [1.29, 1.82) is 0 Å². The summed E-state index contributed by atoms with van der Waals surface area (Å²) in [5, 5.41) is 0. The van der Waals surface area contributed by atoms with E-state index in [0.717, 1.165) is 56.7 Å². The van der Waals surface area contributed by atoms with Gasteiger partial charge in [0.05, 0.1) is 0 Å². The summed E-state index contributed by atoms with van der Waals surface area (Å²) in [6, 6.07) is 6.73. The van der Waals surface area contributed by atoms with Crippen LogP contribution in [0.4, 0.5) is 35.1 Å². The zero-order chi connectivity index (χ0) is 28.3. The van der Waals surface area contributed by atoms with Crippen LogP contribution in [-0.4, -0.2) is 6.36 Å². The lowest BCUT2D eigenvalue weighted by atomic mass is 9.77. The number of benzene rings is 3. The fourth-order valence-electron chi connectivity index (χ4n) is 5.12. The van der Waals surface area contributed by atoms with Crippen LogP contribution in [0.25, 0.3) is 11.1 Å². The molecule has 2 nitrogen and oxygen atoms in total. The van der Waals surface area contributed by atoms with E-state index in [0.29, 0.717) is 18.1 Å². The van der Waals surface area contributed by atoms with Crippen molar-refractivity contribution < 1.29 is 44.6 Å². The fraction of sp³-hybridized carbons (Fsp3) is 0.379. The summed E-state index contributed by atoms with van der Waals surface area (Å²) < 4.78 is 119. The maximum Gasteiger partial charge on any atom is 0.573 e. The van der Waals surface area contributed by atoms with Gasteiger partial charge in [-0.1, -0.05) is 38.0 Å². The Morgan fingerprint density at radius 3 is 2.05 bits per heavy atom. The molecule has 1 aliphatic rings. The molecule has 39 heavy (non-hydrogen) atoms. The van der Waals surface area contributed by atoms with Crippen molar-refractivity contribution in [2.75, 3.05) is 0 Å². The third-order valence-electron chi connectivity index (χ3n) is 7.01. The topological polar surface area (TPSA) is 18.5 Å². The Morgan fingerprint density at radius 2 is 1.46 bits per heavy atom. The molecule has 3 aromatic rings. The van der Waals surface area contributed by atoms with E-state index in [9.17, 15) is 26.3 Å². The zero-order valence-electron chi connectivity index (χ0n) is 21.0. The summed E-state index contributed by atoms with van der Waals surface area (Å²) in [6.45, 7) is 1.53. The number of ether oxygens (including phenoxy) is 2. The van der Waals surface area contributed by atoms with Crippen molar-refractivity contribution in [3.05, 3.63) is 82.7 Å². The van der Waals surface area contributed by atoms with Gasteiger partial charge in [0.15, 0.2) is 40.6 Å². The van der Waals surface area contributed by atoms with Crippen LogP contribution in [0.15, 0.2) is 42.5 Å². The summed E-state index contributed by atoms with van der Waals surface area (Å²) >= 11 is 0. The highest BCUT2D eigenvalue weighted by atomic mass is 19.4. The molecule has 0 radical (unpaired) electrons. The van der Waals surface area contributed by atoms with Gasteiger partial charge in [0.2, 0.25) is 0 Å². The predicted octanol–water partition coefficient (Wildman–Crippen LogP) is 9.60. The lowest BCUT2D eigenvalue weighted by Gasteiger charge is -2.29. The molecule has 0 unspecified atom stereocenters. The molecule has 1 fully saturated rings. The Labute approximate surface area is 220 Å². The second-order valence-electron chi connectivity index (χ2n) is 9.71. The molecule has 0 aromatic heterocycles. The number of hydrogen-bond acceptors (Lipinski definition) is 2. The minimum Gasteiger partial charge on any atom is -0.483 e. The smallest absolute Gasteiger partial charge is 0.483 e. The monoisotopic (exact) mass is 558 g/mol. The SMILES string of the molecule is CCCC1CCC(c2ccc(-c3cc(F)c(OCc4ccc(OC(F)(F)F)c(F)c4)c(F)c3)c(F)c2F)CC1. The molecule has 210 valence electrons. The van der Waals surface area contributed by atoms with Gasteiger partial charge in [-0.05, 0) is 78.5 Å². The maximum absolute atomic E-state index is 15.0. The minimum absolute atomic E-state index is 0.0302. The van der Waals surface area contributed by atoms with Gasteiger partial charge in [-0.2, -0.15) is 0 Å². The average molecular weight is 559 g/mol. The van der Waals surface area contributed by atoms with E-state index >= 15 is 8.78 Å². The molecule has 1 saturated carbocycles. The lowest BCUT2D eigenvalue weighted by Crippen LogP contribution is -2.18. The van der Waals surface area contributed by atoms with Gasteiger partial charge in [-0.25, -0.2) is 22.0 Å². The fourth-order valence-corrected chi connectivity index (χ4v) is 5.12. The van der Waals surface area contributed by atoms with Crippen molar-refractivity contribution in [2.45, 2.75) is 64.3 Å². The van der Waals surface area contributed by atoms with Gasteiger partial charge in [-0.15, -0.1) is 13.2 Å². The molecule has 0 atom stereocenters. The van der Waals surface area contributed by atoms with Crippen LogP contribution in [0.2, 0.25) is 0 Å². The summed E-state index contributed by atoms with van der Waals surface area (Å²) in [5.74, 6) is -7.49. The van der Waals surface area contributed by atoms with Gasteiger partial charge in [0.25, 0.3) is 0 Å². The maximum atomic E-state index is 15.0. The number of rotatable bonds is 8. The molecule has 0 spiro atoms. The van der Waals surface area contributed by atoms with Crippen molar-refractivity contribution in [1.82, 2.24) is 0 Å². The van der Waals surface area contributed by atoms with Crippen LogP contribution in [0.3, 0.4) is 0 Å². The van der Waals surface area contributed by atoms with E-state index in [-0.39, 0.29) is 28.2 Å². The third-order valence-corrected chi connectivity index (χ3v) is 7.01. The van der Waals surface area contributed by atoms with Crippen LogP contribution in [0.5, 0.6) is 11.5 Å². The summed E-state index contributed by atoms with van der Waals surface area (Å²) in [4.78, 5) is 0. The van der Waals surface area contributed by atoms with Gasteiger partial charge >= 0.3 is 6.36 Å². The van der Waals surface area contributed by atoms with Crippen molar-refractivity contribution in [2.24, 2.45) is 5.92 Å². The number of halogens is 8. The van der Waals surface area contributed by atoms with E-state index < -0.39 is 53.6 Å². The summed E-state index contributed by atoms with van der Waals surface area (Å²) in [7, 11) is 0. The molecule has 0 bridgehead atoms. The molecule has 1 aliphatic carbocycles. The van der Waals surface area contributed by atoms with Crippen LogP contribution >= 0.6 is 0 Å². The molecule has 10 heteroatoms. The largest absolute Gasteiger partial charge is 0.573 e. The molecule has 3 aromatic carbocycles. The first kappa shape index (κ1) is 28.7. The molecule has 4 rings (SSSR count). The third kappa shape index (κ3) is 6.83. The predicted molar refractivity (Wildman–Crippen MR) is 129 cm³/mol. The van der Waals surface area contributed by atoms with E-state index in [2.05, 4.69) is 11.7 Å². The first-order chi connectivity index (χ1) is 18.5. The molecule has 0 heterocycles. The van der Waals surface area contributed by atoms with Crippen LogP contribution < -0.4 is 9.47 Å². The second-order valence-corrected chi connectivity index (χ2v) is 9.71. The van der Waals surface area contributed by atoms with E-state index in [1.807, 2.05) is 0 Å². The number of hydrogen-bond donors (Lipinski definition) is 0. The highest BCUT2D eigenvalue weighted by Crippen LogP contribution is 2.40. The molecular weight excluding hydrogens is 532 g/mol. The Hall–Kier alpha value is -3.30. The van der Waals surface area contributed by atoms with Crippen LogP contribution in [-0.2, 0) is 6.61 Å². The summed E-state index contributed by atoms with van der Waals surface area (Å²) in [5.41, 5.74) is -0.336. The van der Waals surface area contributed by atoms with E-state index in [4.69, 9.17) is 4.74 Å². The Kier molecular flexibility index (Phi) is 8.71. The minimum atomic E-state index is -5.09. The van der Waals surface area contributed by atoms with Crippen molar-refractivity contribution in [3.63, 3.8) is 0 Å². The van der Waals surface area contributed by atoms with E-state index in [1.54, 1.807) is 0 Å². The highest BCUT2D eigenvalue weighted by Gasteiger charge is 2.32. The lowest BCUT2D eigenvalue weighted by molar-refractivity contribution is -0.275. The normalized spacial score (nSPS) is 17.8. The molecule has 0 aliphatic heterocycles. The second kappa shape index (κ2) is 11.8. The van der Waals surface area contributed by atoms with Gasteiger partial charge in [0, 0.05) is 5.56 Å². The van der Waals surface area contributed by atoms with Gasteiger partial charge in [0.1, 0.15) is 6.61 Å². The van der Waals surface area contributed by atoms with Crippen molar-refractivity contribution >= 4 is 0 Å². The zero-order valence-corrected chi connectivity index (χ0v) is 21.0. The Balaban J connectivity index is 1.49. The highest BCUT2D eigenvalue weighted by molar-refractivity contribution is 5.66. The first-order valence-corrected chi connectivity index (χ1v) is 12.6.